The molecular formula is C17H21NS. The van der Waals surface area contributed by atoms with Gasteiger partial charge in [0.2, 0.25) is 0 Å². The Bertz CT molecular complexity index is 531. The molecule has 0 fully saturated rings. The summed E-state index contributed by atoms with van der Waals surface area (Å²) in [5.41, 5.74) is 10.6. The van der Waals surface area contributed by atoms with Crippen molar-refractivity contribution in [3.8, 4) is 0 Å². The van der Waals surface area contributed by atoms with Crippen molar-refractivity contribution in [2.75, 3.05) is 11.5 Å². The van der Waals surface area contributed by atoms with Crippen LogP contribution in [0, 0.1) is 13.8 Å². The maximum absolute atomic E-state index is 5.68. The summed E-state index contributed by atoms with van der Waals surface area (Å²) in [4.78, 5) is 1.38. The molecule has 1 nitrogen and oxygen atoms in total. The molecule has 0 atom stereocenters. The van der Waals surface area contributed by atoms with Crippen molar-refractivity contribution in [1.82, 2.24) is 0 Å². The zero-order valence-corrected chi connectivity index (χ0v) is 12.5. The van der Waals surface area contributed by atoms with E-state index in [-0.39, 0.29) is 0 Å². The molecule has 0 aliphatic heterocycles. The minimum Gasteiger partial charge on any atom is -0.399 e. The average Bonchev–Trinajstić information content (AvgIpc) is 2.41. The van der Waals surface area contributed by atoms with Crippen molar-refractivity contribution in [2.24, 2.45) is 0 Å². The number of benzene rings is 2. The highest BCUT2D eigenvalue weighted by Gasteiger charge is 1.98. The van der Waals surface area contributed by atoms with Crippen LogP contribution in [0.4, 0.5) is 5.69 Å². The van der Waals surface area contributed by atoms with E-state index in [2.05, 4.69) is 44.2 Å². The molecule has 0 unspecified atom stereocenters. The lowest BCUT2D eigenvalue weighted by Crippen LogP contribution is -1.90. The topological polar surface area (TPSA) is 26.0 Å². The molecule has 0 saturated carbocycles. The molecular weight excluding hydrogens is 250 g/mol. The standard InChI is InChI=1S/C17H21NS/c1-13-5-10-17(12-14(13)2)19-11-3-4-15-6-8-16(18)9-7-15/h5-10,12H,3-4,11,18H2,1-2H3. The van der Waals surface area contributed by atoms with Crippen molar-refractivity contribution in [2.45, 2.75) is 31.6 Å². The van der Waals surface area contributed by atoms with Gasteiger partial charge < -0.3 is 5.73 Å². The predicted octanol–water partition coefficient (Wildman–Crippen LogP) is 4.61. The molecule has 2 heteroatoms. The summed E-state index contributed by atoms with van der Waals surface area (Å²) in [6.07, 6.45) is 2.32. The van der Waals surface area contributed by atoms with Crippen LogP contribution in [-0.2, 0) is 6.42 Å². The lowest BCUT2D eigenvalue weighted by molar-refractivity contribution is 0.933. The molecule has 0 aromatic heterocycles. The third-order valence-electron chi connectivity index (χ3n) is 3.34. The highest BCUT2D eigenvalue weighted by molar-refractivity contribution is 7.99. The normalized spacial score (nSPS) is 10.6. The van der Waals surface area contributed by atoms with Crippen LogP contribution in [-0.4, -0.2) is 5.75 Å². The number of anilines is 1. The Morgan fingerprint density at radius 1 is 0.947 bits per heavy atom. The Labute approximate surface area is 120 Å². The second-order valence-electron chi connectivity index (χ2n) is 4.94. The third-order valence-corrected chi connectivity index (χ3v) is 4.42. The van der Waals surface area contributed by atoms with E-state index in [1.54, 1.807) is 0 Å². The van der Waals surface area contributed by atoms with Crippen LogP contribution in [0.5, 0.6) is 0 Å². The summed E-state index contributed by atoms with van der Waals surface area (Å²) >= 11 is 1.94. The van der Waals surface area contributed by atoms with Gasteiger partial charge in [-0.05, 0) is 73.4 Å². The number of aryl methyl sites for hydroxylation is 3. The van der Waals surface area contributed by atoms with Crippen LogP contribution in [0.2, 0.25) is 0 Å². The minimum atomic E-state index is 0.841. The van der Waals surface area contributed by atoms with Crippen LogP contribution in [0.15, 0.2) is 47.4 Å². The van der Waals surface area contributed by atoms with Crippen LogP contribution in [0.25, 0.3) is 0 Å². The third kappa shape index (κ3) is 4.32. The first kappa shape index (κ1) is 14.0. The molecule has 19 heavy (non-hydrogen) atoms. The SMILES string of the molecule is Cc1ccc(SCCCc2ccc(N)cc2)cc1C. The first-order valence-corrected chi connectivity index (χ1v) is 7.68. The molecule has 0 saturated heterocycles. The summed E-state index contributed by atoms with van der Waals surface area (Å²) in [6.45, 7) is 4.33. The van der Waals surface area contributed by atoms with Gasteiger partial charge in [0.25, 0.3) is 0 Å². The Morgan fingerprint density at radius 3 is 2.37 bits per heavy atom. The Hall–Kier alpha value is -1.41. The molecule has 2 aromatic carbocycles. The fraction of sp³-hybridized carbons (Fsp3) is 0.294. The van der Waals surface area contributed by atoms with E-state index in [1.807, 2.05) is 23.9 Å². The van der Waals surface area contributed by atoms with Gasteiger partial charge in [-0.2, -0.15) is 0 Å². The number of thioether (sulfide) groups is 1. The molecule has 2 aromatic rings. The van der Waals surface area contributed by atoms with Crippen LogP contribution < -0.4 is 5.73 Å². The van der Waals surface area contributed by atoms with E-state index in [4.69, 9.17) is 5.73 Å². The molecule has 0 radical (unpaired) electrons. The molecule has 0 amide bonds. The molecule has 100 valence electrons. The lowest BCUT2D eigenvalue weighted by Gasteiger charge is -2.05. The molecule has 0 aliphatic carbocycles. The van der Waals surface area contributed by atoms with Crippen LogP contribution >= 0.6 is 11.8 Å². The molecule has 0 heterocycles. The van der Waals surface area contributed by atoms with E-state index in [0.717, 1.165) is 17.9 Å². The van der Waals surface area contributed by atoms with E-state index in [9.17, 15) is 0 Å². The van der Waals surface area contributed by atoms with Gasteiger partial charge in [-0.15, -0.1) is 11.8 Å². The Balaban J connectivity index is 1.77. The van der Waals surface area contributed by atoms with Gasteiger partial charge in [-0.3, -0.25) is 0 Å². The second kappa shape index (κ2) is 6.67. The lowest BCUT2D eigenvalue weighted by atomic mass is 10.1. The van der Waals surface area contributed by atoms with Crippen molar-refractivity contribution in [3.05, 3.63) is 59.2 Å². The van der Waals surface area contributed by atoms with Crippen LogP contribution in [0.1, 0.15) is 23.1 Å². The quantitative estimate of drug-likeness (QED) is 0.488. The summed E-state index contributed by atoms with van der Waals surface area (Å²) in [5, 5.41) is 0. The van der Waals surface area contributed by atoms with E-state index >= 15 is 0 Å². The van der Waals surface area contributed by atoms with Gasteiger partial charge in [0.05, 0.1) is 0 Å². The first-order valence-electron chi connectivity index (χ1n) is 6.69. The maximum atomic E-state index is 5.68. The number of rotatable bonds is 5. The van der Waals surface area contributed by atoms with Gasteiger partial charge >= 0.3 is 0 Å². The first-order chi connectivity index (χ1) is 9.15. The number of nitrogen functional groups attached to an aromatic ring is 1. The molecule has 0 aliphatic rings. The van der Waals surface area contributed by atoms with Crippen molar-refractivity contribution >= 4 is 17.4 Å². The zero-order chi connectivity index (χ0) is 13.7. The van der Waals surface area contributed by atoms with Gasteiger partial charge in [-0.1, -0.05) is 18.2 Å². The Morgan fingerprint density at radius 2 is 1.68 bits per heavy atom. The number of hydrogen-bond donors (Lipinski definition) is 1. The average molecular weight is 271 g/mol. The molecule has 2 N–H and O–H groups in total. The summed E-state index contributed by atoms with van der Waals surface area (Å²) < 4.78 is 0. The highest BCUT2D eigenvalue weighted by Crippen LogP contribution is 2.22. The summed E-state index contributed by atoms with van der Waals surface area (Å²) in [5.74, 6) is 1.16. The van der Waals surface area contributed by atoms with Crippen LogP contribution in [0.3, 0.4) is 0 Å². The maximum Gasteiger partial charge on any atom is 0.0314 e. The largest absolute Gasteiger partial charge is 0.399 e. The summed E-state index contributed by atoms with van der Waals surface area (Å²) in [7, 11) is 0. The number of nitrogens with two attached hydrogens (primary N) is 1. The fourth-order valence-electron chi connectivity index (χ4n) is 1.95. The van der Waals surface area contributed by atoms with E-state index in [0.29, 0.717) is 0 Å². The smallest absolute Gasteiger partial charge is 0.0314 e. The van der Waals surface area contributed by atoms with Crippen molar-refractivity contribution < 1.29 is 0 Å². The van der Waals surface area contributed by atoms with Gasteiger partial charge in [0.15, 0.2) is 0 Å². The van der Waals surface area contributed by atoms with Gasteiger partial charge in [-0.25, -0.2) is 0 Å². The second-order valence-corrected chi connectivity index (χ2v) is 6.11. The van der Waals surface area contributed by atoms with Gasteiger partial charge in [0.1, 0.15) is 0 Å². The highest BCUT2D eigenvalue weighted by atomic mass is 32.2. The van der Waals surface area contributed by atoms with E-state index < -0.39 is 0 Å². The monoisotopic (exact) mass is 271 g/mol. The van der Waals surface area contributed by atoms with Crippen molar-refractivity contribution in [3.63, 3.8) is 0 Å². The zero-order valence-electron chi connectivity index (χ0n) is 11.6. The van der Waals surface area contributed by atoms with Gasteiger partial charge in [0, 0.05) is 10.6 Å². The van der Waals surface area contributed by atoms with E-state index in [1.165, 1.54) is 28.0 Å². The predicted molar refractivity (Wildman–Crippen MR) is 85.8 cm³/mol. The van der Waals surface area contributed by atoms with Crippen molar-refractivity contribution in [1.29, 1.82) is 0 Å². The summed E-state index contributed by atoms with van der Waals surface area (Å²) in [6, 6.07) is 14.9. The fourth-order valence-corrected chi connectivity index (χ4v) is 2.90. The molecule has 0 bridgehead atoms. The number of hydrogen-bond acceptors (Lipinski definition) is 2. The Kier molecular flexibility index (Phi) is 4.92. The molecule has 2 rings (SSSR count). The molecule has 0 spiro atoms. The minimum absolute atomic E-state index is 0.841.